The summed E-state index contributed by atoms with van der Waals surface area (Å²) in [6, 6.07) is 1.41. The number of hydrogen-bond donors (Lipinski definition) is 3. The van der Waals surface area contributed by atoms with Gasteiger partial charge in [-0.1, -0.05) is 0 Å². The number of carboxylic acids is 1. The molecule has 19 heavy (non-hydrogen) atoms. The summed E-state index contributed by atoms with van der Waals surface area (Å²) in [5.41, 5.74) is 6.21. The Kier molecular flexibility index (Phi) is 4.57. The average Bonchev–Trinajstić information content (AvgIpc) is 2.41. The van der Waals surface area contributed by atoms with Crippen LogP contribution >= 0.6 is 0 Å². The normalized spacial score (nSPS) is 19.1. The molecule has 0 aliphatic carbocycles. The highest BCUT2D eigenvalue weighted by Crippen LogP contribution is 2.18. The van der Waals surface area contributed by atoms with Gasteiger partial charge in [-0.25, -0.2) is 9.78 Å². The molecule has 1 aliphatic rings. The summed E-state index contributed by atoms with van der Waals surface area (Å²) in [5.74, 6) is -0.498. The Balaban J connectivity index is 1.83. The molecule has 0 amide bonds. The van der Waals surface area contributed by atoms with Crippen LogP contribution in [-0.2, 0) is 4.74 Å². The average molecular weight is 265 g/mol. The van der Waals surface area contributed by atoms with Crippen LogP contribution in [0.4, 0.5) is 11.5 Å². The minimum Gasteiger partial charge on any atom is -0.478 e. The van der Waals surface area contributed by atoms with Crippen molar-refractivity contribution in [1.82, 2.24) is 4.98 Å². The summed E-state index contributed by atoms with van der Waals surface area (Å²) in [7, 11) is 0. The molecule has 104 valence electrons. The molecular formula is C13H19N3O3. The van der Waals surface area contributed by atoms with E-state index < -0.39 is 5.97 Å². The molecule has 2 heterocycles. The fraction of sp³-hybridized carbons (Fsp3) is 0.538. The fourth-order valence-electron chi connectivity index (χ4n) is 2.13. The van der Waals surface area contributed by atoms with Gasteiger partial charge in [0.05, 0.1) is 17.4 Å². The number of ether oxygens (including phenoxy) is 1. The van der Waals surface area contributed by atoms with Crippen molar-refractivity contribution in [3.63, 3.8) is 0 Å². The summed E-state index contributed by atoms with van der Waals surface area (Å²) in [6.45, 7) is 1.56. The van der Waals surface area contributed by atoms with Gasteiger partial charge in [0.1, 0.15) is 5.82 Å². The van der Waals surface area contributed by atoms with Crippen molar-refractivity contribution < 1.29 is 14.6 Å². The maximum Gasteiger partial charge on any atom is 0.337 e. The van der Waals surface area contributed by atoms with E-state index in [-0.39, 0.29) is 5.56 Å². The molecule has 1 aliphatic heterocycles. The smallest absolute Gasteiger partial charge is 0.337 e. The molecular weight excluding hydrogens is 246 g/mol. The maximum absolute atomic E-state index is 10.8. The van der Waals surface area contributed by atoms with Crippen LogP contribution in [0.2, 0.25) is 0 Å². The summed E-state index contributed by atoms with van der Waals surface area (Å²) < 4.78 is 5.63. The number of pyridine rings is 1. The number of aromatic nitrogens is 1. The van der Waals surface area contributed by atoms with Crippen LogP contribution in [0.5, 0.6) is 0 Å². The first kappa shape index (κ1) is 13.6. The van der Waals surface area contributed by atoms with E-state index in [0.29, 0.717) is 24.2 Å². The lowest BCUT2D eigenvalue weighted by Crippen LogP contribution is -2.22. The minimum absolute atomic E-state index is 0.0960. The Labute approximate surface area is 112 Å². The zero-order valence-electron chi connectivity index (χ0n) is 10.8. The van der Waals surface area contributed by atoms with Gasteiger partial charge in [-0.2, -0.15) is 0 Å². The van der Waals surface area contributed by atoms with Gasteiger partial charge >= 0.3 is 5.97 Å². The minimum atomic E-state index is -1.03. The van der Waals surface area contributed by atoms with Crippen molar-refractivity contribution in [2.45, 2.75) is 31.8 Å². The summed E-state index contributed by atoms with van der Waals surface area (Å²) in [5, 5.41) is 11.9. The molecule has 0 spiro atoms. The number of carboxylic acid groups (broad SMARTS) is 1. The molecule has 1 atom stereocenters. The van der Waals surface area contributed by atoms with Gasteiger partial charge in [0.25, 0.3) is 0 Å². The number of nitrogens with zero attached hydrogens (tertiary/aromatic N) is 1. The molecule has 1 aromatic rings. The standard InChI is InChI=1S/C13H19N3O3/c14-11-7-9(13(17)18)8-16-12(11)15-5-4-10-3-1-2-6-19-10/h7-8,10H,1-6,14H2,(H,15,16)(H,17,18). The van der Waals surface area contributed by atoms with Crippen LogP contribution in [-0.4, -0.2) is 35.3 Å². The topological polar surface area (TPSA) is 97.5 Å². The third-order valence-electron chi connectivity index (χ3n) is 3.20. The number of nitrogen functional groups attached to an aromatic ring is 1. The van der Waals surface area contributed by atoms with Crippen LogP contribution < -0.4 is 11.1 Å². The highest BCUT2D eigenvalue weighted by molar-refractivity contribution is 5.89. The zero-order valence-corrected chi connectivity index (χ0v) is 10.8. The van der Waals surface area contributed by atoms with E-state index in [1.165, 1.54) is 18.7 Å². The monoisotopic (exact) mass is 265 g/mol. The second-order valence-corrected chi connectivity index (χ2v) is 4.67. The van der Waals surface area contributed by atoms with Gasteiger partial charge in [0.2, 0.25) is 0 Å². The number of rotatable bonds is 5. The van der Waals surface area contributed by atoms with E-state index in [2.05, 4.69) is 10.3 Å². The van der Waals surface area contributed by atoms with E-state index in [1.54, 1.807) is 0 Å². The van der Waals surface area contributed by atoms with Crippen molar-refractivity contribution in [2.24, 2.45) is 0 Å². The lowest BCUT2D eigenvalue weighted by Gasteiger charge is -2.22. The van der Waals surface area contributed by atoms with E-state index in [4.69, 9.17) is 15.6 Å². The van der Waals surface area contributed by atoms with Gasteiger partial charge in [-0.05, 0) is 31.7 Å². The molecule has 0 bridgehead atoms. The van der Waals surface area contributed by atoms with E-state index in [1.807, 2.05) is 0 Å². The largest absolute Gasteiger partial charge is 0.478 e. The number of nitrogens with one attached hydrogen (secondary N) is 1. The summed E-state index contributed by atoms with van der Waals surface area (Å²) in [6.07, 6.45) is 5.98. The zero-order chi connectivity index (χ0) is 13.7. The molecule has 0 saturated carbocycles. The predicted molar refractivity (Wildman–Crippen MR) is 72.3 cm³/mol. The number of aromatic carboxylic acids is 1. The SMILES string of the molecule is Nc1cc(C(=O)O)cnc1NCCC1CCCCO1. The van der Waals surface area contributed by atoms with Crippen molar-refractivity contribution in [2.75, 3.05) is 24.2 Å². The number of anilines is 2. The Morgan fingerprint density at radius 1 is 1.58 bits per heavy atom. The van der Waals surface area contributed by atoms with Crippen molar-refractivity contribution in [3.05, 3.63) is 17.8 Å². The van der Waals surface area contributed by atoms with Crippen LogP contribution in [0.1, 0.15) is 36.0 Å². The molecule has 6 heteroatoms. The number of hydrogen-bond acceptors (Lipinski definition) is 5. The van der Waals surface area contributed by atoms with Crippen LogP contribution in [0.25, 0.3) is 0 Å². The van der Waals surface area contributed by atoms with Gasteiger partial charge < -0.3 is 20.9 Å². The highest BCUT2D eigenvalue weighted by atomic mass is 16.5. The molecule has 0 aromatic carbocycles. The first-order valence-electron chi connectivity index (χ1n) is 6.51. The first-order valence-corrected chi connectivity index (χ1v) is 6.51. The molecule has 1 aromatic heterocycles. The Bertz CT molecular complexity index is 445. The summed E-state index contributed by atoms with van der Waals surface area (Å²) in [4.78, 5) is 14.8. The Hall–Kier alpha value is -1.82. The molecule has 2 rings (SSSR count). The second-order valence-electron chi connectivity index (χ2n) is 4.67. The Morgan fingerprint density at radius 2 is 2.42 bits per heavy atom. The van der Waals surface area contributed by atoms with Crippen molar-refractivity contribution in [1.29, 1.82) is 0 Å². The maximum atomic E-state index is 10.8. The summed E-state index contributed by atoms with van der Waals surface area (Å²) >= 11 is 0. The van der Waals surface area contributed by atoms with Crippen LogP contribution in [0.3, 0.4) is 0 Å². The van der Waals surface area contributed by atoms with Crippen LogP contribution in [0, 0.1) is 0 Å². The van der Waals surface area contributed by atoms with Gasteiger partial charge in [0, 0.05) is 19.3 Å². The molecule has 1 unspecified atom stereocenters. The quantitative estimate of drug-likeness (QED) is 0.750. The fourth-order valence-corrected chi connectivity index (χ4v) is 2.13. The number of nitrogens with two attached hydrogens (primary N) is 1. The molecule has 0 radical (unpaired) electrons. The lowest BCUT2D eigenvalue weighted by atomic mass is 10.1. The lowest BCUT2D eigenvalue weighted by molar-refractivity contribution is 0.0134. The Morgan fingerprint density at radius 3 is 3.05 bits per heavy atom. The molecule has 1 fully saturated rings. The highest BCUT2D eigenvalue weighted by Gasteiger charge is 2.13. The molecule has 1 saturated heterocycles. The van der Waals surface area contributed by atoms with E-state index >= 15 is 0 Å². The first-order chi connectivity index (χ1) is 9.16. The van der Waals surface area contributed by atoms with Gasteiger partial charge in [-0.3, -0.25) is 0 Å². The van der Waals surface area contributed by atoms with E-state index in [0.717, 1.165) is 25.9 Å². The number of carbonyl (C=O) groups is 1. The van der Waals surface area contributed by atoms with Crippen LogP contribution in [0.15, 0.2) is 12.3 Å². The van der Waals surface area contributed by atoms with E-state index in [9.17, 15) is 4.79 Å². The van der Waals surface area contributed by atoms with Crippen molar-refractivity contribution in [3.8, 4) is 0 Å². The molecule has 6 nitrogen and oxygen atoms in total. The van der Waals surface area contributed by atoms with Crippen molar-refractivity contribution >= 4 is 17.5 Å². The predicted octanol–water partition coefficient (Wildman–Crippen LogP) is 1.73. The molecule has 4 N–H and O–H groups in total. The van der Waals surface area contributed by atoms with Gasteiger partial charge in [-0.15, -0.1) is 0 Å². The second kappa shape index (κ2) is 6.38. The third-order valence-corrected chi connectivity index (χ3v) is 3.20. The van der Waals surface area contributed by atoms with Gasteiger partial charge in [0.15, 0.2) is 0 Å². The third kappa shape index (κ3) is 3.82.